The fraction of sp³-hybridized carbons (Fsp3) is 0.375. The van der Waals surface area contributed by atoms with E-state index in [1.807, 2.05) is 0 Å². The fourth-order valence-corrected chi connectivity index (χ4v) is 2.12. The molecule has 2 rings (SSSR count). The third-order valence-corrected chi connectivity index (χ3v) is 3.38. The van der Waals surface area contributed by atoms with Crippen LogP contribution in [0.2, 0.25) is 0 Å². The van der Waals surface area contributed by atoms with Gasteiger partial charge in [-0.1, -0.05) is 29.8 Å². The minimum atomic E-state index is 0.250. The number of ether oxygens (including phenoxy) is 1. The molecule has 1 aromatic heterocycles. The average molecular weight is 286 g/mol. The number of nitrogens with one attached hydrogen (secondary N) is 1. The molecule has 0 fully saturated rings. The van der Waals surface area contributed by atoms with E-state index in [0.29, 0.717) is 11.8 Å². The Hall–Kier alpha value is -2.14. The number of aryl methyl sites for hydroxylation is 1. The van der Waals surface area contributed by atoms with Crippen molar-refractivity contribution in [1.29, 1.82) is 0 Å². The van der Waals surface area contributed by atoms with E-state index in [0.717, 1.165) is 6.54 Å². The van der Waals surface area contributed by atoms with E-state index in [-0.39, 0.29) is 6.04 Å². The maximum absolute atomic E-state index is 5.11. The van der Waals surface area contributed by atoms with Crippen molar-refractivity contribution in [2.24, 2.45) is 0 Å². The number of likely N-dealkylation sites (N-methyl/N-ethyl adjacent to an activating group) is 1. The average Bonchev–Trinajstić information content (AvgIpc) is 2.49. The van der Waals surface area contributed by atoms with Crippen LogP contribution in [0.3, 0.4) is 0 Å². The molecule has 0 spiro atoms. The number of hydrogen-bond acceptors (Lipinski definition) is 5. The highest BCUT2D eigenvalue weighted by atomic mass is 16.5. The van der Waals surface area contributed by atoms with Gasteiger partial charge in [-0.25, -0.2) is 4.98 Å². The van der Waals surface area contributed by atoms with Crippen LogP contribution in [0, 0.1) is 6.92 Å². The summed E-state index contributed by atoms with van der Waals surface area (Å²) in [6.07, 6.45) is 1.69. The van der Waals surface area contributed by atoms with Crippen molar-refractivity contribution < 1.29 is 4.74 Å². The summed E-state index contributed by atoms with van der Waals surface area (Å²) in [5.74, 6) is 1.14. The van der Waals surface area contributed by atoms with Gasteiger partial charge in [0.2, 0.25) is 11.8 Å². The molecule has 1 N–H and O–H groups in total. The van der Waals surface area contributed by atoms with E-state index in [2.05, 4.69) is 65.5 Å². The number of hydrogen-bond donors (Lipinski definition) is 1. The smallest absolute Gasteiger partial charge is 0.226 e. The summed E-state index contributed by atoms with van der Waals surface area (Å²) in [4.78, 5) is 10.7. The molecule has 1 aromatic carbocycles. The van der Waals surface area contributed by atoms with Gasteiger partial charge in [-0.2, -0.15) is 4.98 Å². The zero-order valence-electron chi connectivity index (χ0n) is 13.0. The molecule has 0 aliphatic rings. The standard InChI is InChI=1S/C16H22N4O/c1-12-5-7-13(8-6-12)14(20(2)3)11-18-16-17-10-9-15(19-16)21-4/h5-10,14H,11H2,1-4H3,(H,17,18,19). The van der Waals surface area contributed by atoms with Gasteiger partial charge in [0.15, 0.2) is 0 Å². The minimum Gasteiger partial charge on any atom is -0.481 e. The molecule has 0 aliphatic heterocycles. The molecule has 1 atom stereocenters. The van der Waals surface area contributed by atoms with E-state index in [1.165, 1.54) is 11.1 Å². The quantitative estimate of drug-likeness (QED) is 0.884. The molecule has 1 heterocycles. The fourth-order valence-electron chi connectivity index (χ4n) is 2.12. The van der Waals surface area contributed by atoms with E-state index in [9.17, 15) is 0 Å². The second-order valence-electron chi connectivity index (χ2n) is 5.19. The lowest BCUT2D eigenvalue weighted by Gasteiger charge is -2.25. The first-order valence-electron chi connectivity index (χ1n) is 6.94. The third-order valence-electron chi connectivity index (χ3n) is 3.38. The zero-order valence-corrected chi connectivity index (χ0v) is 13.0. The zero-order chi connectivity index (χ0) is 15.2. The predicted molar refractivity (Wildman–Crippen MR) is 84.7 cm³/mol. The molecule has 2 aromatic rings. The number of rotatable bonds is 6. The van der Waals surface area contributed by atoms with Crippen LogP contribution in [-0.4, -0.2) is 42.6 Å². The van der Waals surface area contributed by atoms with Gasteiger partial charge in [0.25, 0.3) is 0 Å². The minimum absolute atomic E-state index is 0.250. The Balaban J connectivity index is 2.08. The van der Waals surface area contributed by atoms with Crippen molar-refractivity contribution in [2.75, 3.05) is 33.1 Å². The normalized spacial score (nSPS) is 12.2. The van der Waals surface area contributed by atoms with Crippen LogP contribution >= 0.6 is 0 Å². The molecule has 0 saturated heterocycles. The first-order valence-corrected chi connectivity index (χ1v) is 6.94. The van der Waals surface area contributed by atoms with E-state index in [1.54, 1.807) is 19.4 Å². The van der Waals surface area contributed by atoms with Crippen LogP contribution in [-0.2, 0) is 0 Å². The van der Waals surface area contributed by atoms with Crippen LogP contribution in [0.25, 0.3) is 0 Å². The Bertz CT molecular complexity index is 569. The monoisotopic (exact) mass is 286 g/mol. The van der Waals surface area contributed by atoms with Gasteiger partial charge in [0.1, 0.15) is 0 Å². The number of methoxy groups -OCH3 is 1. The Morgan fingerprint density at radius 3 is 2.52 bits per heavy atom. The lowest BCUT2D eigenvalue weighted by atomic mass is 10.0. The molecular formula is C16H22N4O. The summed E-state index contributed by atoms with van der Waals surface area (Å²) >= 11 is 0. The summed E-state index contributed by atoms with van der Waals surface area (Å²) in [6, 6.07) is 10.6. The highest BCUT2D eigenvalue weighted by molar-refractivity contribution is 5.30. The number of anilines is 1. The van der Waals surface area contributed by atoms with Crippen molar-refractivity contribution in [3.63, 3.8) is 0 Å². The van der Waals surface area contributed by atoms with Crippen LogP contribution in [0.1, 0.15) is 17.2 Å². The van der Waals surface area contributed by atoms with Crippen LogP contribution in [0.15, 0.2) is 36.5 Å². The lowest BCUT2D eigenvalue weighted by molar-refractivity contribution is 0.311. The van der Waals surface area contributed by atoms with Crippen LogP contribution in [0.4, 0.5) is 5.95 Å². The molecule has 5 nitrogen and oxygen atoms in total. The highest BCUT2D eigenvalue weighted by Gasteiger charge is 2.14. The Kier molecular flexibility index (Phi) is 5.11. The molecule has 112 valence electrons. The van der Waals surface area contributed by atoms with E-state index >= 15 is 0 Å². The van der Waals surface area contributed by atoms with Gasteiger partial charge in [0.05, 0.1) is 13.2 Å². The van der Waals surface area contributed by atoms with Crippen molar-refractivity contribution in [3.05, 3.63) is 47.7 Å². The largest absolute Gasteiger partial charge is 0.481 e. The van der Waals surface area contributed by atoms with Gasteiger partial charge in [-0.3, -0.25) is 0 Å². The molecule has 0 saturated carbocycles. The molecule has 1 unspecified atom stereocenters. The van der Waals surface area contributed by atoms with E-state index < -0.39 is 0 Å². The summed E-state index contributed by atoms with van der Waals surface area (Å²) in [6.45, 7) is 2.82. The van der Waals surface area contributed by atoms with Crippen LogP contribution < -0.4 is 10.1 Å². The lowest BCUT2D eigenvalue weighted by Crippen LogP contribution is -2.27. The number of aromatic nitrogens is 2. The van der Waals surface area contributed by atoms with Gasteiger partial charge in [0, 0.05) is 18.8 Å². The van der Waals surface area contributed by atoms with Crippen molar-refractivity contribution in [3.8, 4) is 5.88 Å². The number of nitrogens with zero attached hydrogens (tertiary/aromatic N) is 3. The summed E-state index contributed by atoms with van der Waals surface area (Å²) in [5.41, 5.74) is 2.53. The maximum Gasteiger partial charge on any atom is 0.226 e. The summed E-state index contributed by atoms with van der Waals surface area (Å²) in [7, 11) is 5.73. The third kappa shape index (κ3) is 4.16. The molecule has 0 radical (unpaired) electrons. The van der Waals surface area contributed by atoms with Crippen molar-refractivity contribution in [1.82, 2.24) is 14.9 Å². The first-order chi connectivity index (χ1) is 10.1. The molecule has 0 aliphatic carbocycles. The summed E-state index contributed by atoms with van der Waals surface area (Å²) < 4.78 is 5.11. The van der Waals surface area contributed by atoms with Gasteiger partial charge in [-0.15, -0.1) is 0 Å². The second-order valence-corrected chi connectivity index (χ2v) is 5.19. The summed E-state index contributed by atoms with van der Waals surface area (Å²) in [5, 5.41) is 3.27. The predicted octanol–water partition coefficient (Wildman–Crippen LogP) is 2.51. The number of benzene rings is 1. The topological polar surface area (TPSA) is 50.3 Å². The molecule has 0 bridgehead atoms. The van der Waals surface area contributed by atoms with Crippen molar-refractivity contribution >= 4 is 5.95 Å². The van der Waals surface area contributed by atoms with Gasteiger partial charge in [-0.05, 0) is 26.6 Å². The molecule has 0 amide bonds. The molecule has 5 heteroatoms. The SMILES string of the molecule is COc1ccnc(NCC(c2ccc(C)cc2)N(C)C)n1. The van der Waals surface area contributed by atoms with E-state index in [4.69, 9.17) is 4.74 Å². The van der Waals surface area contributed by atoms with Gasteiger partial charge >= 0.3 is 0 Å². The van der Waals surface area contributed by atoms with Gasteiger partial charge < -0.3 is 15.0 Å². The Morgan fingerprint density at radius 2 is 1.90 bits per heavy atom. The first kappa shape index (κ1) is 15.3. The molecular weight excluding hydrogens is 264 g/mol. The van der Waals surface area contributed by atoms with Crippen molar-refractivity contribution in [2.45, 2.75) is 13.0 Å². The second kappa shape index (κ2) is 7.04. The molecule has 21 heavy (non-hydrogen) atoms. The Morgan fingerprint density at radius 1 is 1.19 bits per heavy atom. The highest BCUT2D eigenvalue weighted by Crippen LogP contribution is 2.19. The Labute approximate surface area is 126 Å². The van der Waals surface area contributed by atoms with Crippen LogP contribution in [0.5, 0.6) is 5.88 Å². The maximum atomic E-state index is 5.11.